The van der Waals surface area contributed by atoms with Crippen LogP contribution in [0, 0.1) is 47.9 Å². The van der Waals surface area contributed by atoms with Crippen molar-refractivity contribution in [2.45, 2.75) is 13.0 Å². The summed E-state index contributed by atoms with van der Waals surface area (Å²) in [7, 11) is 0. The van der Waals surface area contributed by atoms with E-state index in [4.69, 9.17) is 13.1 Å². The van der Waals surface area contributed by atoms with E-state index >= 15 is 0 Å². The number of nitrogens with zero attached hydrogens (tertiary/aromatic N) is 7. The van der Waals surface area contributed by atoms with Gasteiger partial charge in [0, 0.05) is 62.6 Å². The van der Waals surface area contributed by atoms with Gasteiger partial charge < -0.3 is 4.57 Å². The third-order valence-electron chi connectivity index (χ3n) is 6.27. The molecule has 191 valence electrons. The van der Waals surface area contributed by atoms with Gasteiger partial charge in [-0.05, 0) is 40.8 Å². The van der Waals surface area contributed by atoms with E-state index in [0.29, 0.717) is 5.69 Å². The third-order valence-corrected chi connectivity index (χ3v) is 6.27. The van der Waals surface area contributed by atoms with Crippen molar-refractivity contribution in [2.75, 3.05) is 0 Å². The van der Waals surface area contributed by atoms with Crippen molar-refractivity contribution in [1.29, 1.82) is 10.5 Å². The number of rotatable bonds is 2. The molecule has 3 aromatic carbocycles. The van der Waals surface area contributed by atoms with E-state index in [1.165, 1.54) is 11.1 Å². The van der Waals surface area contributed by atoms with Gasteiger partial charge in [-0.25, -0.2) is 15.4 Å². The Labute approximate surface area is 245 Å². The maximum atomic E-state index is 9.30. The molecule has 0 aliphatic carbocycles. The smallest absolute Gasteiger partial charge is 0.263 e. The van der Waals surface area contributed by atoms with Crippen molar-refractivity contribution in [3.63, 3.8) is 0 Å². The summed E-state index contributed by atoms with van der Waals surface area (Å²) in [5.74, 6) is 1.06. The van der Waals surface area contributed by atoms with E-state index in [1.807, 2.05) is 73.1 Å². The molecule has 1 aliphatic rings. The summed E-state index contributed by atoms with van der Waals surface area (Å²) < 4.78 is 2.18. The van der Waals surface area contributed by atoms with Crippen molar-refractivity contribution in [3.8, 4) is 45.9 Å². The first kappa shape index (κ1) is 27.7. The van der Waals surface area contributed by atoms with E-state index in [9.17, 15) is 10.5 Å². The van der Waals surface area contributed by atoms with Gasteiger partial charge in [-0.2, -0.15) is 4.85 Å². The SMILES string of the molecule is [C-]#[N+]c1c(-c2cc(-c3ccccc3)ccn2)[c-]c(C#N)c(C#N)c1[N+]#[C-].[Ir].[c-]1cccc2c1-c1nccn1CC2. The van der Waals surface area contributed by atoms with Crippen LogP contribution in [0.3, 0.4) is 0 Å². The van der Waals surface area contributed by atoms with Crippen LogP contribution in [0.1, 0.15) is 16.7 Å². The molecule has 7 nitrogen and oxygen atoms in total. The van der Waals surface area contributed by atoms with Crippen LogP contribution in [0.15, 0.2) is 79.3 Å². The van der Waals surface area contributed by atoms with E-state index in [-0.39, 0.29) is 48.2 Å². The van der Waals surface area contributed by atoms with Crippen molar-refractivity contribution in [1.82, 2.24) is 14.5 Å². The normalized spacial score (nSPS) is 10.5. The Bertz CT molecular complexity index is 1860. The number of imidazole rings is 1. The van der Waals surface area contributed by atoms with Crippen LogP contribution in [0.5, 0.6) is 0 Å². The van der Waals surface area contributed by atoms with Crippen LogP contribution < -0.4 is 0 Å². The summed E-state index contributed by atoms with van der Waals surface area (Å²) in [6, 6.07) is 29.1. The Balaban J connectivity index is 0.000000220. The topological polar surface area (TPSA) is 87.0 Å². The van der Waals surface area contributed by atoms with Gasteiger partial charge in [0.05, 0.1) is 12.4 Å². The van der Waals surface area contributed by atoms with E-state index < -0.39 is 0 Å². The van der Waals surface area contributed by atoms with Crippen LogP contribution in [-0.2, 0) is 33.1 Å². The molecule has 40 heavy (non-hydrogen) atoms. The maximum absolute atomic E-state index is 9.30. The minimum Gasteiger partial charge on any atom is -0.371 e. The van der Waals surface area contributed by atoms with Gasteiger partial charge in [0.2, 0.25) is 5.69 Å². The van der Waals surface area contributed by atoms with Crippen molar-refractivity contribution in [3.05, 3.63) is 131 Å². The summed E-state index contributed by atoms with van der Waals surface area (Å²) >= 11 is 0. The molecule has 0 amide bonds. The molecule has 0 spiro atoms. The molecular formula is C32H17IrN7-2. The minimum atomic E-state index is -0.139. The molecule has 3 heterocycles. The van der Waals surface area contributed by atoms with Crippen molar-refractivity contribution >= 4 is 11.4 Å². The van der Waals surface area contributed by atoms with E-state index in [1.54, 1.807) is 12.3 Å². The standard InChI is InChI=1S/C21H8N5.C11H9N2.Ir/c1-24-20-17(10-16(12-22)18(13-23)21(20)25-2)19-11-15(8-9-26-19)14-6-4-3-5-7-14;1-2-4-10-9(3-1)5-7-13-8-6-12-11(10)13;/h3-9,11H;1-3,6,8H,5,7H2;/q2*-1;. The average Bonchev–Trinajstić information content (AvgIpc) is 3.50. The summed E-state index contributed by atoms with van der Waals surface area (Å²) in [6.45, 7) is 15.8. The van der Waals surface area contributed by atoms with Crippen LogP contribution in [0.4, 0.5) is 11.4 Å². The van der Waals surface area contributed by atoms with Gasteiger partial charge in [-0.3, -0.25) is 9.97 Å². The fourth-order valence-corrected chi connectivity index (χ4v) is 4.42. The second-order valence-corrected chi connectivity index (χ2v) is 8.45. The third kappa shape index (κ3) is 5.28. The first-order chi connectivity index (χ1) is 19.2. The number of hydrogen-bond donors (Lipinski definition) is 0. The molecule has 0 saturated heterocycles. The number of aromatic nitrogens is 3. The molecule has 0 N–H and O–H groups in total. The summed E-state index contributed by atoms with van der Waals surface area (Å²) in [4.78, 5) is 15.3. The number of fused-ring (bicyclic) bond motifs is 3. The molecule has 0 fully saturated rings. The van der Waals surface area contributed by atoms with Gasteiger partial charge in [-0.15, -0.1) is 35.4 Å². The van der Waals surface area contributed by atoms with Crippen molar-refractivity contribution < 1.29 is 20.1 Å². The fraction of sp³-hybridized carbons (Fsp3) is 0.0625. The Morgan fingerprint density at radius 1 is 0.875 bits per heavy atom. The average molecular weight is 692 g/mol. The monoisotopic (exact) mass is 692 g/mol. The molecular weight excluding hydrogens is 675 g/mol. The molecule has 0 unspecified atom stereocenters. The molecule has 0 bridgehead atoms. The number of aryl methyl sites for hydroxylation is 2. The Kier molecular flexibility index (Phi) is 8.61. The van der Waals surface area contributed by atoms with Gasteiger partial charge in [0.15, 0.2) is 0 Å². The fourth-order valence-electron chi connectivity index (χ4n) is 4.42. The summed E-state index contributed by atoms with van der Waals surface area (Å²) in [5.41, 5.74) is 4.70. The molecule has 5 aromatic rings. The zero-order chi connectivity index (χ0) is 27.2. The quantitative estimate of drug-likeness (QED) is 0.187. The van der Waals surface area contributed by atoms with Crippen LogP contribution >= 0.6 is 0 Å². The Morgan fingerprint density at radius 2 is 1.68 bits per heavy atom. The van der Waals surface area contributed by atoms with E-state index in [0.717, 1.165) is 29.9 Å². The first-order valence-electron chi connectivity index (χ1n) is 11.9. The molecule has 8 heteroatoms. The molecule has 1 aliphatic heterocycles. The van der Waals surface area contributed by atoms with E-state index in [2.05, 4.69) is 42.4 Å². The molecule has 0 saturated carbocycles. The van der Waals surface area contributed by atoms with Gasteiger partial charge in [-0.1, -0.05) is 42.5 Å². The predicted molar refractivity (Wildman–Crippen MR) is 146 cm³/mol. The summed E-state index contributed by atoms with van der Waals surface area (Å²) in [5, 5.41) is 18.6. The van der Waals surface area contributed by atoms with Crippen molar-refractivity contribution in [2.24, 2.45) is 0 Å². The molecule has 0 atom stereocenters. The molecule has 1 radical (unpaired) electrons. The number of benzene rings is 3. The van der Waals surface area contributed by atoms with Gasteiger partial charge in [0.25, 0.3) is 5.69 Å². The second kappa shape index (κ2) is 12.4. The number of pyridine rings is 1. The first-order valence-corrected chi connectivity index (χ1v) is 11.9. The number of nitriles is 2. The van der Waals surface area contributed by atoms with Gasteiger partial charge in [0.1, 0.15) is 6.57 Å². The minimum absolute atomic E-state index is 0. The van der Waals surface area contributed by atoms with Crippen LogP contribution in [-0.4, -0.2) is 14.5 Å². The second-order valence-electron chi connectivity index (χ2n) is 8.45. The maximum Gasteiger partial charge on any atom is 0.263 e. The zero-order valence-corrected chi connectivity index (χ0v) is 23.3. The zero-order valence-electron chi connectivity index (χ0n) is 20.9. The Hall–Kier alpha value is -5.37. The number of hydrogen-bond acceptors (Lipinski definition) is 4. The largest absolute Gasteiger partial charge is 0.371 e. The van der Waals surface area contributed by atoms with Crippen LogP contribution in [0.25, 0.3) is 43.5 Å². The molecule has 2 aromatic heterocycles. The Morgan fingerprint density at radius 3 is 2.40 bits per heavy atom. The van der Waals surface area contributed by atoms with Crippen LogP contribution in [0.2, 0.25) is 0 Å². The summed E-state index contributed by atoms with van der Waals surface area (Å²) in [6.07, 6.45) is 6.57. The van der Waals surface area contributed by atoms with Gasteiger partial charge >= 0.3 is 0 Å². The predicted octanol–water partition coefficient (Wildman–Crippen LogP) is 6.96. The molecule has 6 rings (SSSR count).